The molecule has 0 unspecified atom stereocenters. The number of nitrogens with zero attached hydrogens (tertiary/aromatic N) is 1. The molecule has 0 fully saturated rings. The van der Waals surface area contributed by atoms with E-state index < -0.39 is 5.97 Å². The lowest BCUT2D eigenvalue weighted by Gasteiger charge is -2.04. The minimum Gasteiger partial charge on any atom is -0.477 e. The van der Waals surface area contributed by atoms with Crippen molar-refractivity contribution in [1.82, 2.24) is 4.98 Å². The predicted molar refractivity (Wildman–Crippen MR) is 79.4 cm³/mol. The standard InChI is InChI=1S/C14H16N2O3S/c1-7(2)6-9-4-5-10-11(15-8(3)17)12(14(18)19)20-13(10)16-9/h4-5,7H,6H2,1-3H3,(H,15,17)(H,18,19). The van der Waals surface area contributed by atoms with E-state index in [-0.39, 0.29) is 10.8 Å². The minimum absolute atomic E-state index is 0.115. The Morgan fingerprint density at radius 3 is 2.65 bits per heavy atom. The Labute approximate surface area is 120 Å². The molecule has 2 aromatic heterocycles. The van der Waals surface area contributed by atoms with Crippen LogP contribution in [0.2, 0.25) is 0 Å². The van der Waals surface area contributed by atoms with Gasteiger partial charge < -0.3 is 10.4 Å². The van der Waals surface area contributed by atoms with Crippen LogP contribution in [-0.2, 0) is 11.2 Å². The summed E-state index contributed by atoms with van der Waals surface area (Å²) >= 11 is 1.09. The van der Waals surface area contributed by atoms with Gasteiger partial charge in [-0.15, -0.1) is 11.3 Å². The zero-order chi connectivity index (χ0) is 14.9. The number of aromatic nitrogens is 1. The molecule has 2 rings (SSSR count). The van der Waals surface area contributed by atoms with Gasteiger partial charge in [0.1, 0.15) is 9.71 Å². The van der Waals surface area contributed by atoms with Crippen LogP contribution in [0.5, 0.6) is 0 Å². The molecular formula is C14H16N2O3S. The van der Waals surface area contributed by atoms with Gasteiger partial charge in [-0.25, -0.2) is 9.78 Å². The number of carboxylic acids is 1. The molecule has 0 aliphatic heterocycles. The molecule has 0 saturated heterocycles. The molecule has 0 saturated carbocycles. The number of carbonyl (C=O) groups is 2. The molecule has 2 N–H and O–H groups in total. The number of aromatic carboxylic acids is 1. The second-order valence-electron chi connectivity index (χ2n) is 5.05. The van der Waals surface area contributed by atoms with Crippen LogP contribution in [0.3, 0.4) is 0 Å². The van der Waals surface area contributed by atoms with Crippen LogP contribution in [0, 0.1) is 5.92 Å². The lowest BCUT2D eigenvalue weighted by molar-refractivity contribution is -0.114. The van der Waals surface area contributed by atoms with Crippen LogP contribution in [0.25, 0.3) is 10.2 Å². The molecule has 2 heterocycles. The molecule has 6 heteroatoms. The minimum atomic E-state index is -1.05. The summed E-state index contributed by atoms with van der Waals surface area (Å²) in [5.41, 5.74) is 1.27. The van der Waals surface area contributed by atoms with Gasteiger partial charge in [-0.2, -0.15) is 0 Å². The van der Waals surface area contributed by atoms with E-state index >= 15 is 0 Å². The number of carboxylic acid groups (broad SMARTS) is 1. The number of nitrogens with one attached hydrogen (secondary N) is 1. The summed E-state index contributed by atoms with van der Waals surface area (Å²) in [5, 5.41) is 12.5. The number of fused-ring (bicyclic) bond motifs is 1. The van der Waals surface area contributed by atoms with Gasteiger partial charge in [-0.1, -0.05) is 13.8 Å². The fourth-order valence-electron chi connectivity index (χ4n) is 2.00. The fraction of sp³-hybridized carbons (Fsp3) is 0.357. The molecule has 0 aromatic carbocycles. The molecule has 0 aliphatic rings. The van der Waals surface area contributed by atoms with Crippen molar-refractivity contribution in [2.75, 3.05) is 5.32 Å². The quantitative estimate of drug-likeness (QED) is 0.907. The number of anilines is 1. The molecule has 106 valence electrons. The van der Waals surface area contributed by atoms with Crippen LogP contribution in [-0.4, -0.2) is 22.0 Å². The Morgan fingerprint density at radius 1 is 1.40 bits per heavy atom. The second-order valence-corrected chi connectivity index (χ2v) is 6.04. The third-order valence-electron chi connectivity index (χ3n) is 2.73. The lowest BCUT2D eigenvalue weighted by Crippen LogP contribution is -2.08. The van der Waals surface area contributed by atoms with Gasteiger partial charge in [0.05, 0.1) is 5.69 Å². The average molecular weight is 292 g/mol. The first-order valence-corrected chi connectivity index (χ1v) is 7.13. The Kier molecular flexibility index (Phi) is 4.04. The molecular weight excluding hydrogens is 276 g/mol. The first kappa shape index (κ1) is 14.5. The van der Waals surface area contributed by atoms with Crippen LogP contribution in [0.15, 0.2) is 12.1 Å². The first-order valence-electron chi connectivity index (χ1n) is 6.31. The van der Waals surface area contributed by atoms with Gasteiger partial charge in [-0.3, -0.25) is 4.79 Å². The fourth-order valence-corrected chi connectivity index (χ4v) is 2.99. The topological polar surface area (TPSA) is 79.3 Å². The summed E-state index contributed by atoms with van der Waals surface area (Å²) in [5.74, 6) is -0.866. The molecule has 0 atom stereocenters. The van der Waals surface area contributed by atoms with Crippen molar-refractivity contribution in [2.24, 2.45) is 5.92 Å². The van der Waals surface area contributed by atoms with Crippen molar-refractivity contribution in [3.63, 3.8) is 0 Å². The number of rotatable bonds is 4. The molecule has 20 heavy (non-hydrogen) atoms. The maximum Gasteiger partial charge on any atom is 0.348 e. The zero-order valence-electron chi connectivity index (χ0n) is 11.6. The van der Waals surface area contributed by atoms with E-state index in [1.165, 1.54) is 6.92 Å². The highest BCUT2D eigenvalue weighted by molar-refractivity contribution is 7.21. The van der Waals surface area contributed by atoms with E-state index in [1.54, 1.807) is 0 Å². The third kappa shape index (κ3) is 2.96. The number of pyridine rings is 1. The number of hydrogen-bond donors (Lipinski definition) is 2. The van der Waals surface area contributed by atoms with Crippen molar-refractivity contribution in [3.05, 3.63) is 22.7 Å². The van der Waals surface area contributed by atoms with Crippen molar-refractivity contribution < 1.29 is 14.7 Å². The van der Waals surface area contributed by atoms with Gasteiger partial charge in [0.15, 0.2) is 0 Å². The Bertz CT molecular complexity index is 676. The molecule has 5 nitrogen and oxygen atoms in total. The van der Waals surface area contributed by atoms with Crippen LogP contribution >= 0.6 is 11.3 Å². The van der Waals surface area contributed by atoms with Crippen LogP contribution in [0.4, 0.5) is 5.69 Å². The summed E-state index contributed by atoms with van der Waals surface area (Å²) in [4.78, 5) is 27.7. The van der Waals surface area contributed by atoms with Crippen molar-refractivity contribution in [2.45, 2.75) is 27.2 Å². The predicted octanol–water partition coefficient (Wildman–Crippen LogP) is 3.15. The highest BCUT2D eigenvalue weighted by Gasteiger charge is 2.19. The summed E-state index contributed by atoms with van der Waals surface area (Å²) < 4.78 is 0. The summed E-state index contributed by atoms with van der Waals surface area (Å²) in [7, 11) is 0. The van der Waals surface area contributed by atoms with Crippen molar-refractivity contribution in [1.29, 1.82) is 0 Å². The monoisotopic (exact) mass is 292 g/mol. The molecule has 0 radical (unpaired) electrons. The largest absolute Gasteiger partial charge is 0.477 e. The maximum atomic E-state index is 11.3. The highest BCUT2D eigenvalue weighted by atomic mass is 32.1. The Morgan fingerprint density at radius 2 is 2.10 bits per heavy atom. The second kappa shape index (κ2) is 5.58. The third-order valence-corrected chi connectivity index (χ3v) is 3.81. The molecule has 2 aromatic rings. The van der Waals surface area contributed by atoms with E-state index in [0.717, 1.165) is 23.5 Å². The average Bonchev–Trinajstić information content (AvgIpc) is 2.66. The highest BCUT2D eigenvalue weighted by Crippen LogP contribution is 2.35. The first-order chi connectivity index (χ1) is 9.38. The van der Waals surface area contributed by atoms with Crippen molar-refractivity contribution >= 4 is 39.1 Å². The number of thiophene rings is 1. The number of carbonyl (C=O) groups excluding carboxylic acids is 1. The van der Waals surface area contributed by atoms with E-state index in [4.69, 9.17) is 0 Å². The SMILES string of the molecule is CC(=O)Nc1c(C(=O)O)sc2nc(CC(C)C)ccc12. The van der Waals surface area contributed by atoms with E-state index in [0.29, 0.717) is 21.8 Å². The smallest absolute Gasteiger partial charge is 0.348 e. The van der Waals surface area contributed by atoms with Gasteiger partial charge in [-0.05, 0) is 24.5 Å². The van der Waals surface area contributed by atoms with Crippen molar-refractivity contribution in [3.8, 4) is 0 Å². The summed E-state index contributed by atoms with van der Waals surface area (Å²) in [6.45, 7) is 5.56. The lowest BCUT2D eigenvalue weighted by atomic mass is 10.1. The normalized spacial score (nSPS) is 11.0. The molecule has 1 amide bonds. The summed E-state index contributed by atoms with van der Waals surface area (Å²) in [6, 6.07) is 3.71. The van der Waals surface area contributed by atoms with Gasteiger partial charge in [0.25, 0.3) is 0 Å². The number of amides is 1. The number of hydrogen-bond acceptors (Lipinski definition) is 4. The molecule has 0 spiro atoms. The van der Waals surface area contributed by atoms with Crippen LogP contribution < -0.4 is 5.32 Å². The Balaban J connectivity index is 2.55. The van der Waals surface area contributed by atoms with E-state index in [1.807, 2.05) is 12.1 Å². The van der Waals surface area contributed by atoms with Crippen LogP contribution in [0.1, 0.15) is 36.1 Å². The molecule has 0 aliphatic carbocycles. The zero-order valence-corrected chi connectivity index (χ0v) is 12.4. The molecule has 0 bridgehead atoms. The van der Waals surface area contributed by atoms with E-state index in [2.05, 4.69) is 24.1 Å². The van der Waals surface area contributed by atoms with Gasteiger partial charge in [0.2, 0.25) is 5.91 Å². The van der Waals surface area contributed by atoms with Gasteiger partial charge in [0, 0.05) is 18.0 Å². The Hall–Kier alpha value is -1.95. The summed E-state index contributed by atoms with van der Waals surface area (Å²) in [6.07, 6.45) is 0.839. The van der Waals surface area contributed by atoms with Gasteiger partial charge >= 0.3 is 5.97 Å². The maximum absolute atomic E-state index is 11.3. The van der Waals surface area contributed by atoms with E-state index in [9.17, 15) is 14.7 Å².